The van der Waals surface area contributed by atoms with E-state index in [0.717, 1.165) is 12.3 Å². The van der Waals surface area contributed by atoms with Crippen molar-refractivity contribution >= 4 is 17.4 Å². The molecule has 9 heteroatoms. The third kappa shape index (κ3) is 3.12. The predicted octanol–water partition coefficient (Wildman–Crippen LogP) is 2.79. The summed E-state index contributed by atoms with van der Waals surface area (Å²) >= 11 is 0. The zero-order valence-corrected chi connectivity index (χ0v) is 15.3. The van der Waals surface area contributed by atoms with E-state index in [1.54, 1.807) is 19.2 Å². The zero-order chi connectivity index (χ0) is 22.4. The number of hydrogen-bond acceptors (Lipinski definition) is 7. The Morgan fingerprint density at radius 3 is 3.14 bits per heavy atom. The molecule has 1 fully saturated rings. The molecule has 3 aromatic heterocycles. The SMILES string of the molecule is [2H]C1([2H])CCN(c2ccn3ncc(C(=O)OCC)c3n2)C1([2H])c1cc(F)cnc1OC. The molecule has 0 amide bonds. The number of methoxy groups -OCH3 is 1. The van der Waals surface area contributed by atoms with Gasteiger partial charge in [-0.3, -0.25) is 0 Å². The first-order valence-electron chi connectivity index (χ1n) is 10.2. The van der Waals surface area contributed by atoms with Gasteiger partial charge in [-0.05, 0) is 31.9 Å². The molecule has 28 heavy (non-hydrogen) atoms. The van der Waals surface area contributed by atoms with Crippen molar-refractivity contribution in [3.63, 3.8) is 0 Å². The molecule has 146 valence electrons. The van der Waals surface area contributed by atoms with E-state index in [2.05, 4.69) is 15.1 Å². The molecule has 4 rings (SSSR count). The van der Waals surface area contributed by atoms with Crippen molar-refractivity contribution in [2.75, 3.05) is 25.2 Å². The maximum absolute atomic E-state index is 14.0. The maximum Gasteiger partial charge on any atom is 0.343 e. The molecular weight excluding hydrogens is 365 g/mol. The number of anilines is 1. The minimum Gasteiger partial charge on any atom is -0.481 e. The second-order valence-corrected chi connectivity index (χ2v) is 5.97. The Kier molecular flexibility index (Phi) is 3.91. The average Bonchev–Trinajstić information content (AvgIpc) is 3.26. The van der Waals surface area contributed by atoms with Crippen LogP contribution in [0, 0.1) is 5.82 Å². The number of carbonyl (C=O) groups excluding carboxylic acids is 1. The Morgan fingerprint density at radius 1 is 1.50 bits per heavy atom. The van der Waals surface area contributed by atoms with Crippen LogP contribution in [0.3, 0.4) is 0 Å². The highest BCUT2D eigenvalue weighted by atomic mass is 19.1. The summed E-state index contributed by atoms with van der Waals surface area (Å²) in [6.07, 6.45) is 1.75. The lowest BCUT2D eigenvalue weighted by molar-refractivity contribution is 0.0528. The number of nitrogens with zero attached hydrogens (tertiary/aromatic N) is 5. The highest BCUT2D eigenvalue weighted by Crippen LogP contribution is 2.38. The number of pyridine rings is 1. The zero-order valence-electron chi connectivity index (χ0n) is 18.3. The van der Waals surface area contributed by atoms with E-state index in [9.17, 15) is 9.18 Å². The van der Waals surface area contributed by atoms with Gasteiger partial charge in [0.1, 0.15) is 17.2 Å². The van der Waals surface area contributed by atoms with Gasteiger partial charge < -0.3 is 14.4 Å². The van der Waals surface area contributed by atoms with E-state index < -0.39 is 24.2 Å². The number of esters is 1. The molecule has 1 aliphatic heterocycles. The van der Waals surface area contributed by atoms with Crippen molar-refractivity contribution in [1.29, 1.82) is 0 Å². The van der Waals surface area contributed by atoms with Crippen LogP contribution in [0.25, 0.3) is 5.65 Å². The maximum atomic E-state index is 14.0. The fourth-order valence-electron chi connectivity index (χ4n) is 3.08. The van der Waals surface area contributed by atoms with E-state index in [-0.39, 0.29) is 48.0 Å². The van der Waals surface area contributed by atoms with Crippen molar-refractivity contribution < 1.29 is 22.8 Å². The van der Waals surface area contributed by atoms with Crippen LogP contribution in [-0.2, 0) is 4.74 Å². The molecule has 3 aromatic rings. The second kappa shape index (κ2) is 7.41. The van der Waals surface area contributed by atoms with Crippen molar-refractivity contribution in [2.24, 2.45) is 0 Å². The Bertz CT molecular complexity index is 1160. The lowest BCUT2D eigenvalue weighted by Crippen LogP contribution is -2.24. The molecule has 1 unspecified atom stereocenters. The van der Waals surface area contributed by atoms with Crippen LogP contribution in [0.4, 0.5) is 10.2 Å². The number of ether oxygens (including phenoxy) is 2. The smallest absolute Gasteiger partial charge is 0.343 e. The Balaban J connectivity index is 1.87. The van der Waals surface area contributed by atoms with Gasteiger partial charge in [0.2, 0.25) is 5.88 Å². The molecule has 0 saturated carbocycles. The highest BCUT2D eigenvalue weighted by Gasteiger charge is 2.31. The second-order valence-electron chi connectivity index (χ2n) is 5.97. The third-order valence-corrected chi connectivity index (χ3v) is 4.29. The molecule has 0 spiro atoms. The van der Waals surface area contributed by atoms with Crippen LogP contribution >= 0.6 is 0 Å². The van der Waals surface area contributed by atoms with E-state index in [1.165, 1.54) is 22.7 Å². The molecule has 0 aliphatic carbocycles. The molecule has 1 saturated heterocycles. The summed E-state index contributed by atoms with van der Waals surface area (Å²) < 4.78 is 51.8. The van der Waals surface area contributed by atoms with Crippen LogP contribution < -0.4 is 9.64 Å². The van der Waals surface area contributed by atoms with Gasteiger partial charge in [0.05, 0.1) is 33.5 Å². The number of halogens is 1. The quantitative estimate of drug-likeness (QED) is 0.622. The van der Waals surface area contributed by atoms with Gasteiger partial charge in [-0.25, -0.2) is 23.7 Å². The topological polar surface area (TPSA) is 81.9 Å². The number of aromatic nitrogens is 4. The third-order valence-electron chi connectivity index (χ3n) is 4.29. The summed E-state index contributed by atoms with van der Waals surface area (Å²) in [4.78, 5) is 22.0. The monoisotopic (exact) mass is 388 g/mol. The summed E-state index contributed by atoms with van der Waals surface area (Å²) in [5.41, 5.74) is 0.292. The summed E-state index contributed by atoms with van der Waals surface area (Å²) in [7, 11) is 1.32. The first-order chi connectivity index (χ1) is 14.7. The average molecular weight is 388 g/mol. The number of hydrogen-bond donors (Lipinski definition) is 0. The van der Waals surface area contributed by atoms with E-state index in [4.69, 9.17) is 13.6 Å². The molecule has 8 nitrogen and oxygen atoms in total. The largest absolute Gasteiger partial charge is 0.481 e. The Labute approximate surface area is 165 Å². The highest BCUT2D eigenvalue weighted by molar-refractivity contribution is 5.95. The number of carbonyl (C=O) groups is 1. The van der Waals surface area contributed by atoms with Gasteiger partial charge in [0, 0.05) is 21.0 Å². The number of rotatable bonds is 5. The Hall–Kier alpha value is -3.23. The summed E-state index contributed by atoms with van der Waals surface area (Å²) in [6, 6.07) is 0.526. The van der Waals surface area contributed by atoms with Crippen molar-refractivity contribution in [2.45, 2.75) is 25.7 Å². The van der Waals surface area contributed by atoms with Crippen LogP contribution in [0.5, 0.6) is 5.88 Å². The van der Waals surface area contributed by atoms with Crippen molar-refractivity contribution in [1.82, 2.24) is 19.6 Å². The summed E-state index contributed by atoms with van der Waals surface area (Å²) in [5.74, 6) is -1.13. The molecular formula is C19H20FN5O3. The predicted molar refractivity (Wildman–Crippen MR) is 99.0 cm³/mol. The van der Waals surface area contributed by atoms with Crippen LogP contribution in [0.2, 0.25) is 0 Å². The van der Waals surface area contributed by atoms with Crippen molar-refractivity contribution in [3.05, 3.63) is 47.7 Å². The first kappa shape index (κ1) is 14.8. The van der Waals surface area contributed by atoms with Crippen LogP contribution in [0.1, 0.15) is 45.8 Å². The van der Waals surface area contributed by atoms with E-state index in [0.29, 0.717) is 0 Å². The lowest BCUT2D eigenvalue weighted by Gasteiger charge is -2.26. The van der Waals surface area contributed by atoms with Gasteiger partial charge >= 0.3 is 5.97 Å². The van der Waals surface area contributed by atoms with Crippen LogP contribution in [-0.4, -0.2) is 45.8 Å². The molecule has 4 heterocycles. The molecule has 1 atom stereocenters. The van der Waals surface area contributed by atoms with Gasteiger partial charge in [-0.15, -0.1) is 0 Å². The lowest BCUT2D eigenvalue weighted by atomic mass is 10.1. The molecule has 0 N–H and O–H groups in total. The molecule has 0 radical (unpaired) electrons. The standard InChI is InChI=1S/C19H20FN5O3/c1-3-28-19(26)14-11-22-25-8-6-16(23-17(14)25)24-7-4-5-15(24)13-9-12(20)10-21-18(13)27-2/h6,8-11,15H,3-5,7H2,1-2H3/i5D2,15D. The fraction of sp³-hybridized carbons (Fsp3) is 0.368. The minimum absolute atomic E-state index is 0.00692. The summed E-state index contributed by atoms with van der Waals surface area (Å²) in [5, 5.41) is 4.09. The normalized spacial score (nSPS) is 22.5. The van der Waals surface area contributed by atoms with Crippen molar-refractivity contribution in [3.8, 4) is 5.88 Å². The van der Waals surface area contributed by atoms with Gasteiger partial charge in [0.25, 0.3) is 0 Å². The van der Waals surface area contributed by atoms with Gasteiger partial charge in [-0.1, -0.05) is 0 Å². The van der Waals surface area contributed by atoms with E-state index in [1.807, 2.05) is 0 Å². The van der Waals surface area contributed by atoms with Gasteiger partial charge in [0.15, 0.2) is 5.65 Å². The van der Waals surface area contributed by atoms with Crippen LogP contribution in [0.15, 0.2) is 30.7 Å². The summed E-state index contributed by atoms with van der Waals surface area (Å²) in [6.45, 7) is 2.00. The minimum atomic E-state index is -2.08. The fourth-order valence-corrected chi connectivity index (χ4v) is 3.08. The number of fused-ring (bicyclic) bond motifs is 1. The Morgan fingerprint density at radius 2 is 2.36 bits per heavy atom. The molecule has 0 bridgehead atoms. The van der Waals surface area contributed by atoms with Gasteiger partial charge in [-0.2, -0.15) is 5.10 Å². The first-order valence-corrected chi connectivity index (χ1v) is 8.72. The molecule has 0 aromatic carbocycles. The van der Waals surface area contributed by atoms with E-state index >= 15 is 0 Å². The molecule has 1 aliphatic rings.